The Kier molecular flexibility index (Phi) is 1.38. The van der Waals surface area contributed by atoms with E-state index in [2.05, 4.69) is 0 Å². The Hall–Kier alpha value is -1.42. The molecule has 0 aromatic heterocycles. The number of phenolic OH excluding ortho intramolecular Hbond substituents is 2. The van der Waals surface area contributed by atoms with Crippen molar-refractivity contribution in [3.8, 4) is 11.5 Å². The van der Waals surface area contributed by atoms with Gasteiger partial charge in [0.2, 0.25) is 0 Å². The molecule has 4 heteroatoms. The van der Waals surface area contributed by atoms with Crippen LogP contribution in [0.1, 0.15) is 11.1 Å². The first-order valence-electron chi connectivity index (χ1n) is 3.60. The molecule has 2 rings (SSSR count). The van der Waals surface area contributed by atoms with Crippen molar-refractivity contribution in [3.63, 3.8) is 0 Å². The Labute approximate surface area is 69.2 Å². The van der Waals surface area contributed by atoms with E-state index >= 15 is 0 Å². The smallest absolute Gasteiger partial charge is 0.181 e. The van der Waals surface area contributed by atoms with E-state index in [9.17, 15) is 10.2 Å². The van der Waals surface area contributed by atoms with Crippen LogP contribution in [0.5, 0.6) is 11.5 Å². The van der Waals surface area contributed by atoms with Crippen molar-refractivity contribution in [2.24, 2.45) is 0 Å². The molecule has 0 bridgehead atoms. The van der Waals surface area contributed by atoms with Crippen molar-refractivity contribution in [3.05, 3.63) is 17.2 Å². The van der Waals surface area contributed by atoms with Gasteiger partial charge in [-0.3, -0.25) is 0 Å². The second-order valence-electron chi connectivity index (χ2n) is 2.79. The van der Waals surface area contributed by atoms with Crippen molar-refractivity contribution < 1.29 is 14.9 Å². The lowest BCUT2D eigenvalue weighted by atomic mass is 10.1. The standard InChI is InChI=1S/C8H9NO3/c9-7-5-3-12-2-4(5)1-6(10)8(7)11/h1,10-11H,2-3,9H2. The maximum Gasteiger partial charge on any atom is 0.181 e. The third kappa shape index (κ3) is 0.816. The second-order valence-corrected chi connectivity index (χ2v) is 2.79. The van der Waals surface area contributed by atoms with Crippen LogP contribution in [0, 0.1) is 0 Å². The van der Waals surface area contributed by atoms with Gasteiger partial charge in [0.25, 0.3) is 0 Å². The molecular formula is C8H9NO3. The Balaban J connectivity index is 2.67. The van der Waals surface area contributed by atoms with E-state index < -0.39 is 0 Å². The highest BCUT2D eigenvalue weighted by Crippen LogP contribution is 2.39. The fourth-order valence-corrected chi connectivity index (χ4v) is 1.34. The minimum absolute atomic E-state index is 0.184. The third-order valence-corrected chi connectivity index (χ3v) is 2.03. The van der Waals surface area contributed by atoms with Crippen LogP contribution in [-0.4, -0.2) is 10.2 Å². The van der Waals surface area contributed by atoms with Crippen LogP contribution in [0.25, 0.3) is 0 Å². The molecule has 0 saturated heterocycles. The zero-order valence-electron chi connectivity index (χ0n) is 6.37. The largest absolute Gasteiger partial charge is 0.504 e. The molecule has 1 aromatic rings. The van der Waals surface area contributed by atoms with E-state index in [1.54, 1.807) is 0 Å². The van der Waals surface area contributed by atoms with Crippen molar-refractivity contribution in [1.82, 2.24) is 0 Å². The van der Waals surface area contributed by atoms with Gasteiger partial charge in [-0.25, -0.2) is 0 Å². The van der Waals surface area contributed by atoms with Crippen LogP contribution in [0.2, 0.25) is 0 Å². The van der Waals surface area contributed by atoms with Gasteiger partial charge in [-0.1, -0.05) is 0 Å². The van der Waals surface area contributed by atoms with Crippen LogP contribution in [-0.2, 0) is 18.0 Å². The van der Waals surface area contributed by atoms with Crippen molar-refractivity contribution in [2.45, 2.75) is 13.2 Å². The van der Waals surface area contributed by atoms with Crippen LogP contribution >= 0.6 is 0 Å². The Morgan fingerprint density at radius 3 is 2.83 bits per heavy atom. The molecule has 0 amide bonds. The molecule has 4 N–H and O–H groups in total. The molecule has 4 nitrogen and oxygen atoms in total. The van der Waals surface area contributed by atoms with Gasteiger partial charge < -0.3 is 20.7 Å². The third-order valence-electron chi connectivity index (χ3n) is 2.03. The summed E-state index contributed by atoms with van der Waals surface area (Å²) in [4.78, 5) is 0. The maximum atomic E-state index is 9.24. The predicted octanol–water partition coefficient (Wildman–Crippen LogP) is 0.710. The Morgan fingerprint density at radius 2 is 2.08 bits per heavy atom. The predicted molar refractivity (Wildman–Crippen MR) is 42.7 cm³/mol. The molecule has 0 spiro atoms. The van der Waals surface area contributed by atoms with E-state index in [1.165, 1.54) is 6.07 Å². The van der Waals surface area contributed by atoms with Gasteiger partial charge in [-0.05, 0) is 11.6 Å². The lowest BCUT2D eigenvalue weighted by Crippen LogP contribution is -1.94. The molecule has 0 aliphatic carbocycles. The lowest BCUT2D eigenvalue weighted by Gasteiger charge is -2.05. The summed E-state index contributed by atoms with van der Waals surface area (Å²) in [7, 11) is 0. The van der Waals surface area contributed by atoms with Crippen molar-refractivity contribution in [1.29, 1.82) is 0 Å². The number of nitrogens with two attached hydrogens (primary N) is 1. The highest BCUT2D eigenvalue weighted by Gasteiger charge is 2.19. The number of fused-ring (bicyclic) bond motifs is 1. The second kappa shape index (κ2) is 2.28. The molecule has 1 aliphatic rings. The summed E-state index contributed by atoms with van der Waals surface area (Å²) in [5, 5.41) is 18.4. The summed E-state index contributed by atoms with van der Waals surface area (Å²) in [5.74, 6) is -0.434. The van der Waals surface area contributed by atoms with Crippen molar-refractivity contribution >= 4 is 5.69 Å². The van der Waals surface area contributed by atoms with Gasteiger partial charge in [0.05, 0.1) is 18.9 Å². The van der Waals surface area contributed by atoms with Crippen LogP contribution in [0.3, 0.4) is 0 Å². The first kappa shape index (κ1) is 7.24. The zero-order valence-corrected chi connectivity index (χ0v) is 6.37. The number of phenols is 2. The summed E-state index contributed by atoms with van der Waals surface area (Å²) < 4.78 is 5.10. The molecule has 0 fully saturated rings. The summed E-state index contributed by atoms with van der Waals surface area (Å²) in [6.07, 6.45) is 0. The molecule has 12 heavy (non-hydrogen) atoms. The number of hydrogen-bond acceptors (Lipinski definition) is 4. The molecule has 1 aliphatic heterocycles. The van der Waals surface area contributed by atoms with Crippen LogP contribution < -0.4 is 5.73 Å². The van der Waals surface area contributed by atoms with Gasteiger partial charge in [-0.2, -0.15) is 0 Å². The Morgan fingerprint density at radius 1 is 1.33 bits per heavy atom. The summed E-state index contributed by atoms with van der Waals surface area (Å²) >= 11 is 0. The number of nitrogen functional groups attached to an aromatic ring is 1. The molecule has 1 heterocycles. The molecular weight excluding hydrogens is 158 g/mol. The van der Waals surface area contributed by atoms with Gasteiger partial charge in [0.1, 0.15) is 0 Å². The SMILES string of the molecule is Nc1c(O)c(O)cc2c1COC2. The van der Waals surface area contributed by atoms with Crippen LogP contribution in [0.15, 0.2) is 6.07 Å². The molecule has 1 aromatic carbocycles. The van der Waals surface area contributed by atoms with Gasteiger partial charge in [0.15, 0.2) is 11.5 Å². The molecule has 0 atom stereocenters. The first-order valence-corrected chi connectivity index (χ1v) is 3.60. The average Bonchev–Trinajstić information content (AvgIpc) is 2.48. The van der Waals surface area contributed by atoms with Gasteiger partial charge in [0, 0.05) is 5.56 Å². The summed E-state index contributed by atoms with van der Waals surface area (Å²) in [6, 6.07) is 1.48. The average molecular weight is 167 g/mol. The van der Waals surface area contributed by atoms with E-state index in [1.807, 2.05) is 0 Å². The van der Waals surface area contributed by atoms with E-state index in [4.69, 9.17) is 10.5 Å². The molecule has 64 valence electrons. The topological polar surface area (TPSA) is 75.7 Å². The van der Waals surface area contributed by atoms with Crippen molar-refractivity contribution in [2.75, 3.05) is 5.73 Å². The highest BCUT2D eigenvalue weighted by molar-refractivity contribution is 5.66. The monoisotopic (exact) mass is 167 g/mol. The minimum atomic E-state index is -0.251. The molecule has 0 radical (unpaired) electrons. The number of aromatic hydroxyl groups is 2. The minimum Gasteiger partial charge on any atom is -0.504 e. The van der Waals surface area contributed by atoms with Gasteiger partial charge >= 0.3 is 0 Å². The number of anilines is 1. The summed E-state index contributed by atoms with van der Waals surface area (Å²) in [5.41, 5.74) is 7.40. The van der Waals surface area contributed by atoms with Crippen LogP contribution in [0.4, 0.5) is 5.69 Å². The number of benzene rings is 1. The fraction of sp³-hybridized carbons (Fsp3) is 0.250. The maximum absolute atomic E-state index is 9.24. The number of hydrogen-bond donors (Lipinski definition) is 3. The quantitative estimate of drug-likeness (QED) is 0.393. The lowest BCUT2D eigenvalue weighted by molar-refractivity contribution is 0.134. The van der Waals surface area contributed by atoms with Gasteiger partial charge in [-0.15, -0.1) is 0 Å². The summed E-state index contributed by atoms with van der Waals surface area (Å²) in [6.45, 7) is 0.863. The normalized spacial score (nSPS) is 14.7. The van der Waals surface area contributed by atoms with E-state index in [-0.39, 0.29) is 17.2 Å². The molecule has 0 saturated carbocycles. The first-order chi connectivity index (χ1) is 5.70. The van der Waals surface area contributed by atoms with E-state index in [0.29, 0.717) is 13.2 Å². The van der Waals surface area contributed by atoms with E-state index in [0.717, 1.165) is 11.1 Å². The number of ether oxygens (including phenoxy) is 1. The number of rotatable bonds is 0. The fourth-order valence-electron chi connectivity index (χ4n) is 1.34. The highest BCUT2D eigenvalue weighted by atomic mass is 16.5. The zero-order chi connectivity index (χ0) is 8.72. The Bertz CT molecular complexity index is 336. The molecule has 0 unspecified atom stereocenters.